The molecular formula is C20H24N2OS. The highest BCUT2D eigenvalue weighted by Gasteiger charge is 2.12. The molecule has 1 atom stereocenters. The third-order valence-electron chi connectivity index (χ3n) is 4.19. The van der Waals surface area contributed by atoms with Gasteiger partial charge in [-0.2, -0.15) is 5.10 Å². The lowest BCUT2D eigenvalue weighted by Crippen LogP contribution is -2.27. The van der Waals surface area contributed by atoms with Crippen LogP contribution in [0.3, 0.4) is 0 Å². The number of thioether (sulfide) groups is 1. The predicted octanol–water partition coefficient (Wildman–Crippen LogP) is 4.38. The number of carbonyl (C=O) groups excluding carboxylic acids is 1. The van der Waals surface area contributed by atoms with Gasteiger partial charge in [0.2, 0.25) is 0 Å². The van der Waals surface area contributed by atoms with Crippen molar-refractivity contribution in [3.05, 3.63) is 70.3 Å². The average molecular weight is 340 g/mol. The lowest BCUT2D eigenvalue weighted by molar-refractivity contribution is -0.120. The van der Waals surface area contributed by atoms with Crippen LogP contribution in [-0.2, 0) is 10.5 Å². The molecule has 2 rings (SSSR count). The maximum atomic E-state index is 12.1. The van der Waals surface area contributed by atoms with Crippen molar-refractivity contribution in [2.24, 2.45) is 5.10 Å². The first-order valence-corrected chi connectivity index (χ1v) is 9.09. The van der Waals surface area contributed by atoms with E-state index >= 15 is 0 Å². The maximum Gasteiger partial charge on any atom is 0.252 e. The normalized spacial score (nSPS) is 12.3. The Morgan fingerprint density at radius 3 is 2.54 bits per heavy atom. The monoisotopic (exact) mass is 340 g/mol. The van der Waals surface area contributed by atoms with Crippen LogP contribution in [-0.4, -0.2) is 17.4 Å². The van der Waals surface area contributed by atoms with Crippen LogP contribution >= 0.6 is 11.8 Å². The standard InChI is InChI=1S/C20H24N2OS/c1-14-10-11-19(16(3)15(14)2)12-21-22-20(23)17(4)24-13-18-8-6-5-7-9-18/h5-12,17H,13H2,1-4H3,(H,22,23)/b21-12-/t17-/m1/s1. The fourth-order valence-corrected chi connectivity index (χ4v) is 3.08. The Kier molecular flexibility index (Phi) is 6.62. The third kappa shape index (κ3) is 4.96. The summed E-state index contributed by atoms with van der Waals surface area (Å²) in [7, 11) is 0. The van der Waals surface area contributed by atoms with Crippen molar-refractivity contribution in [3.63, 3.8) is 0 Å². The molecule has 24 heavy (non-hydrogen) atoms. The summed E-state index contributed by atoms with van der Waals surface area (Å²) in [5.41, 5.74) is 8.61. The molecule has 2 aromatic carbocycles. The van der Waals surface area contributed by atoms with E-state index in [1.807, 2.05) is 31.2 Å². The fraction of sp³-hybridized carbons (Fsp3) is 0.300. The number of nitrogens with zero attached hydrogens (tertiary/aromatic N) is 1. The summed E-state index contributed by atoms with van der Waals surface area (Å²) in [6.45, 7) is 8.17. The average Bonchev–Trinajstić information content (AvgIpc) is 2.60. The molecule has 0 aromatic heterocycles. The number of nitrogens with one attached hydrogen (secondary N) is 1. The van der Waals surface area contributed by atoms with Crippen LogP contribution in [0.15, 0.2) is 47.6 Å². The maximum absolute atomic E-state index is 12.1. The van der Waals surface area contributed by atoms with Gasteiger partial charge in [0.05, 0.1) is 11.5 Å². The van der Waals surface area contributed by atoms with Gasteiger partial charge < -0.3 is 0 Å². The Morgan fingerprint density at radius 2 is 1.83 bits per heavy atom. The lowest BCUT2D eigenvalue weighted by atomic mass is 10.00. The third-order valence-corrected chi connectivity index (χ3v) is 5.40. The van der Waals surface area contributed by atoms with Gasteiger partial charge in [-0.3, -0.25) is 4.79 Å². The summed E-state index contributed by atoms with van der Waals surface area (Å²) >= 11 is 1.61. The highest BCUT2D eigenvalue weighted by molar-refractivity contribution is 7.99. The van der Waals surface area contributed by atoms with E-state index in [9.17, 15) is 4.79 Å². The zero-order chi connectivity index (χ0) is 17.5. The SMILES string of the molecule is Cc1ccc(/C=N\NC(=O)[C@@H](C)SCc2ccccc2)c(C)c1C. The second-order valence-electron chi connectivity index (χ2n) is 5.89. The second-order valence-corrected chi connectivity index (χ2v) is 7.22. The number of carbonyl (C=O) groups is 1. The number of amides is 1. The summed E-state index contributed by atoms with van der Waals surface area (Å²) in [5.74, 6) is 0.740. The van der Waals surface area contributed by atoms with Gasteiger partial charge in [0.15, 0.2) is 0 Å². The molecule has 126 valence electrons. The van der Waals surface area contributed by atoms with Crippen LogP contribution in [0.4, 0.5) is 0 Å². The first kappa shape index (κ1) is 18.3. The van der Waals surface area contributed by atoms with Crippen molar-refractivity contribution in [1.29, 1.82) is 0 Å². The molecule has 0 saturated carbocycles. The Hall–Kier alpha value is -2.07. The van der Waals surface area contributed by atoms with Crippen LogP contribution in [0.25, 0.3) is 0 Å². The zero-order valence-corrected chi connectivity index (χ0v) is 15.5. The molecule has 0 aliphatic rings. The minimum absolute atomic E-state index is 0.0753. The summed E-state index contributed by atoms with van der Waals surface area (Å²) in [6, 6.07) is 14.3. The Bertz CT molecular complexity index is 726. The highest BCUT2D eigenvalue weighted by Crippen LogP contribution is 2.18. The molecule has 0 bridgehead atoms. The molecule has 4 heteroatoms. The Labute approximate surface area is 148 Å². The molecule has 0 fully saturated rings. The molecule has 0 radical (unpaired) electrons. The Morgan fingerprint density at radius 1 is 1.12 bits per heavy atom. The molecule has 3 nitrogen and oxygen atoms in total. The van der Waals surface area contributed by atoms with Crippen molar-refractivity contribution in [1.82, 2.24) is 5.43 Å². The van der Waals surface area contributed by atoms with Gasteiger partial charge in [0.25, 0.3) is 5.91 Å². The Balaban J connectivity index is 1.87. The van der Waals surface area contributed by atoms with Crippen molar-refractivity contribution in [2.75, 3.05) is 0 Å². The van der Waals surface area contributed by atoms with E-state index in [4.69, 9.17) is 0 Å². The number of rotatable bonds is 6. The molecule has 1 amide bonds. The van der Waals surface area contributed by atoms with Gasteiger partial charge in [-0.05, 0) is 55.5 Å². The minimum atomic E-state index is -0.150. The summed E-state index contributed by atoms with van der Waals surface area (Å²) < 4.78 is 0. The van der Waals surface area contributed by atoms with Crippen molar-refractivity contribution in [3.8, 4) is 0 Å². The molecule has 2 aromatic rings. The van der Waals surface area contributed by atoms with Gasteiger partial charge in [-0.15, -0.1) is 11.8 Å². The van der Waals surface area contributed by atoms with Gasteiger partial charge in [-0.1, -0.05) is 42.5 Å². The van der Waals surface area contributed by atoms with E-state index in [1.165, 1.54) is 22.3 Å². The predicted molar refractivity (Wildman–Crippen MR) is 104 cm³/mol. The summed E-state index contributed by atoms with van der Waals surface area (Å²) in [5, 5.41) is 3.96. The molecule has 0 heterocycles. The lowest BCUT2D eigenvalue weighted by Gasteiger charge is -2.10. The molecule has 0 saturated heterocycles. The van der Waals surface area contributed by atoms with E-state index in [0.29, 0.717) is 0 Å². The zero-order valence-electron chi connectivity index (χ0n) is 14.7. The molecule has 0 aliphatic heterocycles. The first-order chi connectivity index (χ1) is 11.5. The quantitative estimate of drug-likeness (QED) is 0.626. The van der Waals surface area contributed by atoms with Crippen LogP contribution in [0.1, 0.15) is 34.7 Å². The van der Waals surface area contributed by atoms with E-state index in [0.717, 1.165) is 11.3 Å². The van der Waals surface area contributed by atoms with Crippen LogP contribution in [0, 0.1) is 20.8 Å². The summed E-state index contributed by atoms with van der Waals surface area (Å²) in [4.78, 5) is 12.1. The minimum Gasteiger partial charge on any atom is -0.272 e. The van der Waals surface area contributed by atoms with E-state index in [2.05, 4.69) is 49.5 Å². The van der Waals surface area contributed by atoms with Crippen molar-refractivity contribution < 1.29 is 4.79 Å². The van der Waals surface area contributed by atoms with Crippen LogP contribution in [0.5, 0.6) is 0 Å². The topological polar surface area (TPSA) is 41.5 Å². The molecule has 0 unspecified atom stereocenters. The van der Waals surface area contributed by atoms with Crippen LogP contribution in [0.2, 0.25) is 0 Å². The van der Waals surface area contributed by atoms with E-state index in [1.54, 1.807) is 18.0 Å². The number of aryl methyl sites for hydroxylation is 1. The number of hydrogen-bond donors (Lipinski definition) is 1. The fourth-order valence-electron chi connectivity index (χ4n) is 2.24. The molecule has 0 aliphatic carbocycles. The molecule has 1 N–H and O–H groups in total. The number of hydrazone groups is 1. The van der Waals surface area contributed by atoms with Crippen molar-refractivity contribution in [2.45, 2.75) is 38.7 Å². The van der Waals surface area contributed by atoms with Crippen molar-refractivity contribution >= 4 is 23.9 Å². The van der Waals surface area contributed by atoms with Gasteiger partial charge in [0, 0.05) is 5.75 Å². The largest absolute Gasteiger partial charge is 0.272 e. The van der Waals surface area contributed by atoms with Gasteiger partial charge in [0.1, 0.15) is 0 Å². The number of hydrogen-bond acceptors (Lipinski definition) is 3. The van der Waals surface area contributed by atoms with E-state index < -0.39 is 0 Å². The molecule has 0 spiro atoms. The first-order valence-electron chi connectivity index (χ1n) is 8.04. The van der Waals surface area contributed by atoms with Gasteiger partial charge >= 0.3 is 0 Å². The van der Waals surface area contributed by atoms with E-state index in [-0.39, 0.29) is 11.2 Å². The van der Waals surface area contributed by atoms with Gasteiger partial charge in [-0.25, -0.2) is 5.43 Å². The highest BCUT2D eigenvalue weighted by atomic mass is 32.2. The smallest absolute Gasteiger partial charge is 0.252 e. The molecular weight excluding hydrogens is 316 g/mol. The van der Waals surface area contributed by atoms with Crippen LogP contribution < -0.4 is 5.43 Å². The summed E-state index contributed by atoms with van der Waals surface area (Å²) in [6.07, 6.45) is 1.72. The second kappa shape index (κ2) is 8.69. The number of benzene rings is 2.